The van der Waals surface area contributed by atoms with Crippen LogP contribution in [-0.4, -0.2) is 37.7 Å². The Labute approximate surface area is 221 Å². The predicted octanol–water partition coefficient (Wildman–Crippen LogP) is 8.38. The van der Waals surface area contributed by atoms with Gasteiger partial charge in [-0.1, -0.05) is 99.6 Å². The Morgan fingerprint density at radius 3 is 1.34 bits per heavy atom. The zero-order valence-electron chi connectivity index (χ0n) is 21.1. The number of rotatable bonds is 17. The van der Waals surface area contributed by atoms with Gasteiger partial charge in [0.05, 0.1) is 0 Å². The van der Waals surface area contributed by atoms with Gasteiger partial charge in [-0.25, -0.2) is 0 Å². The van der Waals surface area contributed by atoms with Crippen LogP contribution in [0.4, 0.5) is 0 Å². The average Bonchev–Trinajstić information content (AvgIpc) is 2.80. The molecule has 2 fully saturated rings. The Morgan fingerprint density at radius 1 is 0.594 bits per heavy atom. The van der Waals surface area contributed by atoms with Crippen LogP contribution in [0.2, 0.25) is 0 Å². The van der Waals surface area contributed by atoms with Crippen LogP contribution in [-0.2, 0) is 0 Å². The quantitative estimate of drug-likeness (QED) is 0.146. The van der Waals surface area contributed by atoms with Gasteiger partial charge in [0.25, 0.3) is 0 Å². The first-order valence-corrected chi connectivity index (χ1v) is 15.9. The molecule has 0 heterocycles. The number of hydrogen-bond acceptors (Lipinski definition) is 4. The van der Waals surface area contributed by atoms with E-state index in [-0.39, 0.29) is 24.8 Å². The summed E-state index contributed by atoms with van der Waals surface area (Å²) in [5, 5.41) is 7.30. The normalized spacial score (nSPS) is 19.7. The summed E-state index contributed by atoms with van der Waals surface area (Å²) in [4.78, 5) is 0. The Hall–Kier alpha value is 1.20. The highest BCUT2D eigenvalue weighted by Crippen LogP contribution is 2.32. The minimum atomic E-state index is 0. The van der Waals surface area contributed by atoms with E-state index in [4.69, 9.17) is 0 Å². The molecule has 0 aromatic rings. The van der Waals surface area contributed by atoms with Crippen LogP contribution in [0.25, 0.3) is 0 Å². The van der Waals surface area contributed by atoms with E-state index in [2.05, 4.69) is 24.5 Å². The van der Waals surface area contributed by atoms with Crippen molar-refractivity contribution < 1.29 is 0 Å². The Bertz CT molecular complexity index is 356. The highest BCUT2D eigenvalue weighted by Gasteiger charge is 2.20. The fourth-order valence-corrected chi connectivity index (χ4v) is 7.47. The highest BCUT2D eigenvalue weighted by molar-refractivity contribution is 8.76. The molecule has 6 heteroatoms. The summed E-state index contributed by atoms with van der Waals surface area (Å²) in [6, 6.07) is 0. The number of nitrogens with one attached hydrogen (secondary N) is 2. The lowest BCUT2D eigenvalue weighted by atomic mass is 9.79. The molecule has 2 N–H and O–H groups in total. The molecule has 32 heavy (non-hydrogen) atoms. The molecule has 0 aromatic heterocycles. The third kappa shape index (κ3) is 16.0. The van der Waals surface area contributed by atoms with Gasteiger partial charge in [0, 0.05) is 24.6 Å². The molecule has 0 radical (unpaired) electrons. The molecule has 0 amide bonds. The Kier molecular flexibility index (Phi) is 23.5. The van der Waals surface area contributed by atoms with E-state index in [9.17, 15) is 0 Å². The van der Waals surface area contributed by atoms with Crippen LogP contribution in [0.5, 0.6) is 0 Å². The van der Waals surface area contributed by atoms with Gasteiger partial charge in [0.2, 0.25) is 0 Å². The maximum Gasteiger partial charge on any atom is 0.0162 e. The molecule has 2 saturated carbocycles. The van der Waals surface area contributed by atoms with Crippen molar-refractivity contribution in [3.05, 3.63) is 0 Å². The standard InChI is InChI=1S/C26H52N2S2.2ClH/c1-23(25-13-5-3-6-14-25)11-9-17-27-19-21-29-30-22-20-28-18-10-12-24(2)26-15-7-4-8-16-26;;/h23-28H,3-22H2,1-2H3;2*1H. The lowest BCUT2D eigenvalue weighted by Crippen LogP contribution is -2.21. The molecule has 0 spiro atoms. The van der Waals surface area contributed by atoms with Gasteiger partial charge < -0.3 is 10.6 Å². The average molecular weight is 530 g/mol. The molecule has 2 unspecified atom stereocenters. The summed E-state index contributed by atoms with van der Waals surface area (Å²) in [6.45, 7) is 9.75. The van der Waals surface area contributed by atoms with Crippen molar-refractivity contribution in [2.45, 2.75) is 104 Å². The van der Waals surface area contributed by atoms with Crippen LogP contribution in [0.3, 0.4) is 0 Å². The monoisotopic (exact) mass is 528 g/mol. The van der Waals surface area contributed by atoms with Crippen molar-refractivity contribution in [3.63, 3.8) is 0 Å². The zero-order valence-corrected chi connectivity index (χ0v) is 24.4. The summed E-state index contributed by atoms with van der Waals surface area (Å²) in [6.07, 6.45) is 20.4. The van der Waals surface area contributed by atoms with Crippen molar-refractivity contribution in [2.75, 3.05) is 37.7 Å². The van der Waals surface area contributed by atoms with Crippen molar-refractivity contribution in [3.8, 4) is 0 Å². The van der Waals surface area contributed by atoms with Crippen molar-refractivity contribution in [1.82, 2.24) is 10.6 Å². The van der Waals surface area contributed by atoms with Gasteiger partial charge in [0.15, 0.2) is 0 Å². The molecule has 2 aliphatic rings. The second-order valence-electron chi connectivity index (χ2n) is 10.2. The van der Waals surface area contributed by atoms with Crippen LogP contribution in [0.15, 0.2) is 0 Å². The molecule has 2 nitrogen and oxygen atoms in total. The minimum absolute atomic E-state index is 0. The van der Waals surface area contributed by atoms with Crippen molar-refractivity contribution in [2.24, 2.45) is 23.7 Å². The third-order valence-electron chi connectivity index (χ3n) is 7.74. The molecule has 2 rings (SSSR count). The maximum absolute atomic E-state index is 3.65. The van der Waals surface area contributed by atoms with E-state index < -0.39 is 0 Å². The highest BCUT2D eigenvalue weighted by atomic mass is 35.5. The van der Waals surface area contributed by atoms with Crippen LogP contribution < -0.4 is 10.6 Å². The molecule has 2 atom stereocenters. The van der Waals surface area contributed by atoms with E-state index in [1.807, 2.05) is 21.6 Å². The van der Waals surface area contributed by atoms with Crippen molar-refractivity contribution >= 4 is 46.4 Å². The zero-order chi connectivity index (χ0) is 21.3. The first-order chi connectivity index (χ1) is 14.8. The molecule has 0 aliphatic heterocycles. The fourth-order valence-electron chi connectivity index (χ4n) is 5.57. The van der Waals surface area contributed by atoms with Gasteiger partial charge in [0.1, 0.15) is 0 Å². The first kappa shape index (κ1) is 33.2. The van der Waals surface area contributed by atoms with E-state index in [1.54, 1.807) is 0 Å². The van der Waals surface area contributed by atoms with E-state index in [0.29, 0.717) is 0 Å². The van der Waals surface area contributed by atoms with E-state index in [1.165, 1.54) is 128 Å². The summed E-state index contributed by atoms with van der Waals surface area (Å²) < 4.78 is 0. The molecule has 0 saturated heterocycles. The number of halogens is 2. The molecule has 194 valence electrons. The van der Waals surface area contributed by atoms with Gasteiger partial charge in [-0.15, -0.1) is 24.8 Å². The summed E-state index contributed by atoms with van der Waals surface area (Å²) in [5.41, 5.74) is 0. The molecule has 0 bridgehead atoms. The molecular formula is C26H54Cl2N2S2. The summed E-state index contributed by atoms with van der Waals surface area (Å²) >= 11 is 0. The second kappa shape index (κ2) is 22.7. The molecule has 0 aromatic carbocycles. The molecular weight excluding hydrogens is 475 g/mol. The Morgan fingerprint density at radius 2 is 0.969 bits per heavy atom. The summed E-state index contributed by atoms with van der Waals surface area (Å²) in [7, 11) is 4.08. The smallest absolute Gasteiger partial charge is 0.0162 e. The minimum Gasteiger partial charge on any atom is -0.316 e. The van der Waals surface area contributed by atoms with Crippen LogP contribution in [0, 0.1) is 23.7 Å². The maximum atomic E-state index is 3.65. The number of hydrogen-bond donors (Lipinski definition) is 2. The van der Waals surface area contributed by atoms with Crippen molar-refractivity contribution in [1.29, 1.82) is 0 Å². The van der Waals surface area contributed by atoms with Gasteiger partial charge in [-0.3, -0.25) is 0 Å². The first-order valence-electron chi connectivity index (χ1n) is 13.4. The van der Waals surface area contributed by atoms with Crippen LogP contribution >= 0.6 is 46.4 Å². The van der Waals surface area contributed by atoms with E-state index in [0.717, 1.165) is 23.7 Å². The molecule has 2 aliphatic carbocycles. The lowest BCUT2D eigenvalue weighted by molar-refractivity contribution is 0.248. The second-order valence-corrected chi connectivity index (χ2v) is 12.9. The SMILES string of the molecule is CC(CCCNCCSSCCNCCCC(C)C1CCCCC1)C1CCCCC1.Cl.Cl. The summed E-state index contributed by atoms with van der Waals surface area (Å²) in [5.74, 6) is 6.42. The fraction of sp³-hybridized carbons (Fsp3) is 1.00. The van der Waals surface area contributed by atoms with Gasteiger partial charge >= 0.3 is 0 Å². The van der Waals surface area contributed by atoms with E-state index >= 15 is 0 Å². The van der Waals surface area contributed by atoms with Gasteiger partial charge in [-0.2, -0.15) is 0 Å². The van der Waals surface area contributed by atoms with Gasteiger partial charge in [-0.05, 0) is 62.4 Å². The topological polar surface area (TPSA) is 24.1 Å². The Balaban J connectivity index is 0.00000480. The lowest BCUT2D eigenvalue weighted by Gasteiger charge is -2.27. The largest absolute Gasteiger partial charge is 0.316 e. The predicted molar refractivity (Wildman–Crippen MR) is 155 cm³/mol. The van der Waals surface area contributed by atoms with Crippen LogP contribution in [0.1, 0.15) is 104 Å². The third-order valence-corrected chi connectivity index (χ3v) is 10.2.